The standard InChI is InChI=1S/C21H19NO6/c1-13-19(14(2)28-22-13)12-26-17-8-4-16(5-9-17)21(24)27-18-10-6-15(7-11-18)20(23)25-3/h4-11H,12H2,1-3H3. The van der Waals surface area contributed by atoms with Crippen LogP contribution in [0.15, 0.2) is 53.1 Å². The van der Waals surface area contributed by atoms with E-state index < -0.39 is 11.9 Å². The van der Waals surface area contributed by atoms with Crippen LogP contribution in [0, 0.1) is 13.8 Å². The van der Waals surface area contributed by atoms with E-state index in [9.17, 15) is 9.59 Å². The Morgan fingerprint density at radius 3 is 2.00 bits per heavy atom. The van der Waals surface area contributed by atoms with Crippen LogP contribution < -0.4 is 9.47 Å². The van der Waals surface area contributed by atoms with E-state index in [4.69, 9.17) is 14.0 Å². The van der Waals surface area contributed by atoms with E-state index in [2.05, 4.69) is 9.89 Å². The minimum atomic E-state index is -0.511. The Hall–Kier alpha value is -3.61. The zero-order valence-corrected chi connectivity index (χ0v) is 15.7. The second kappa shape index (κ2) is 8.39. The molecule has 3 rings (SSSR count). The lowest BCUT2D eigenvalue weighted by molar-refractivity contribution is 0.0600. The SMILES string of the molecule is COC(=O)c1ccc(OC(=O)c2ccc(OCc3c(C)noc3C)cc2)cc1. The second-order valence-electron chi connectivity index (χ2n) is 6.02. The number of benzene rings is 2. The number of carbonyl (C=O) groups is 2. The number of hydrogen-bond acceptors (Lipinski definition) is 7. The van der Waals surface area contributed by atoms with Gasteiger partial charge in [0.15, 0.2) is 0 Å². The van der Waals surface area contributed by atoms with Crippen LogP contribution >= 0.6 is 0 Å². The molecule has 0 saturated carbocycles. The summed E-state index contributed by atoms with van der Waals surface area (Å²) in [4.78, 5) is 23.7. The number of nitrogens with zero attached hydrogens (tertiary/aromatic N) is 1. The van der Waals surface area contributed by atoms with Crippen molar-refractivity contribution < 1.29 is 28.3 Å². The number of rotatable bonds is 6. The van der Waals surface area contributed by atoms with Crippen LogP contribution in [0.1, 0.15) is 37.7 Å². The van der Waals surface area contributed by atoms with Crippen molar-refractivity contribution in [2.45, 2.75) is 20.5 Å². The van der Waals surface area contributed by atoms with Crippen LogP contribution in [-0.4, -0.2) is 24.2 Å². The van der Waals surface area contributed by atoms with Crippen molar-refractivity contribution in [2.24, 2.45) is 0 Å². The fourth-order valence-electron chi connectivity index (χ4n) is 2.49. The molecule has 1 heterocycles. The molecule has 0 aliphatic carbocycles. The van der Waals surface area contributed by atoms with Gasteiger partial charge in [-0.15, -0.1) is 0 Å². The van der Waals surface area contributed by atoms with Crippen molar-refractivity contribution in [3.63, 3.8) is 0 Å². The molecule has 0 fully saturated rings. The smallest absolute Gasteiger partial charge is 0.343 e. The summed E-state index contributed by atoms with van der Waals surface area (Å²) in [6.45, 7) is 4.01. The maximum absolute atomic E-state index is 12.3. The first kappa shape index (κ1) is 19.2. The molecular weight excluding hydrogens is 362 g/mol. The number of methoxy groups -OCH3 is 1. The third kappa shape index (κ3) is 4.37. The maximum Gasteiger partial charge on any atom is 0.343 e. The predicted octanol–water partition coefficient (Wildman–Crippen LogP) is 3.88. The number of esters is 2. The van der Waals surface area contributed by atoms with Gasteiger partial charge >= 0.3 is 11.9 Å². The van der Waals surface area contributed by atoms with Gasteiger partial charge < -0.3 is 18.7 Å². The summed E-state index contributed by atoms with van der Waals surface area (Å²) in [6.07, 6.45) is 0. The van der Waals surface area contributed by atoms with Crippen molar-refractivity contribution in [3.05, 3.63) is 76.7 Å². The molecule has 7 nitrogen and oxygen atoms in total. The van der Waals surface area contributed by atoms with Crippen LogP contribution in [0.5, 0.6) is 11.5 Å². The average Bonchev–Trinajstić information content (AvgIpc) is 3.04. The fourth-order valence-corrected chi connectivity index (χ4v) is 2.49. The van der Waals surface area contributed by atoms with Gasteiger partial charge in [0.25, 0.3) is 0 Å². The monoisotopic (exact) mass is 381 g/mol. The number of hydrogen-bond donors (Lipinski definition) is 0. The second-order valence-corrected chi connectivity index (χ2v) is 6.02. The van der Waals surface area contributed by atoms with Gasteiger partial charge in [-0.25, -0.2) is 9.59 Å². The van der Waals surface area contributed by atoms with E-state index >= 15 is 0 Å². The first-order valence-electron chi connectivity index (χ1n) is 8.53. The molecule has 0 unspecified atom stereocenters. The number of carbonyl (C=O) groups excluding carboxylic acids is 2. The van der Waals surface area contributed by atoms with Crippen LogP contribution in [0.25, 0.3) is 0 Å². The highest BCUT2D eigenvalue weighted by atomic mass is 16.5. The van der Waals surface area contributed by atoms with Crippen molar-refractivity contribution >= 4 is 11.9 Å². The van der Waals surface area contributed by atoms with Gasteiger partial charge in [0.2, 0.25) is 0 Å². The Bertz CT molecular complexity index is 954. The zero-order valence-electron chi connectivity index (χ0n) is 15.7. The number of aryl methyl sites for hydroxylation is 2. The molecular formula is C21H19NO6. The van der Waals surface area contributed by atoms with Gasteiger partial charge in [-0.05, 0) is 62.4 Å². The van der Waals surface area contributed by atoms with Crippen LogP contribution in [0.4, 0.5) is 0 Å². The van der Waals surface area contributed by atoms with Crippen molar-refractivity contribution in [3.8, 4) is 11.5 Å². The highest BCUT2D eigenvalue weighted by molar-refractivity contribution is 5.92. The van der Waals surface area contributed by atoms with Gasteiger partial charge in [-0.3, -0.25) is 0 Å². The topological polar surface area (TPSA) is 87.9 Å². The van der Waals surface area contributed by atoms with Crippen molar-refractivity contribution in [1.82, 2.24) is 5.16 Å². The molecule has 0 radical (unpaired) electrons. The third-order valence-corrected chi connectivity index (χ3v) is 4.14. The quantitative estimate of drug-likeness (QED) is 0.473. The summed E-state index contributed by atoms with van der Waals surface area (Å²) in [5.74, 6) is 0.694. The Morgan fingerprint density at radius 2 is 1.46 bits per heavy atom. The molecule has 0 bridgehead atoms. The predicted molar refractivity (Wildman–Crippen MR) is 99.5 cm³/mol. The lowest BCUT2D eigenvalue weighted by Gasteiger charge is -2.08. The van der Waals surface area contributed by atoms with Gasteiger partial charge in [-0.2, -0.15) is 0 Å². The highest BCUT2D eigenvalue weighted by Gasteiger charge is 2.12. The molecule has 0 spiro atoms. The normalized spacial score (nSPS) is 10.4. The molecule has 0 saturated heterocycles. The molecule has 2 aromatic carbocycles. The Morgan fingerprint density at radius 1 is 0.893 bits per heavy atom. The van der Waals surface area contributed by atoms with E-state index in [0.717, 1.165) is 17.0 Å². The lowest BCUT2D eigenvalue weighted by atomic mass is 10.2. The molecule has 0 aliphatic rings. The largest absolute Gasteiger partial charge is 0.489 e. The summed E-state index contributed by atoms with van der Waals surface area (Å²) >= 11 is 0. The molecule has 0 N–H and O–H groups in total. The molecule has 28 heavy (non-hydrogen) atoms. The van der Waals surface area contributed by atoms with Crippen molar-refractivity contribution in [2.75, 3.05) is 7.11 Å². The summed E-state index contributed by atoms with van der Waals surface area (Å²) < 4.78 is 20.7. The van der Waals surface area contributed by atoms with Gasteiger partial charge in [0.05, 0.1) is 29.5 Å². The average molecular weight is 381 g/mol. The number of ether oxygens (including phenoxy) is 3. The Labute approximate surface area is 161 Å². The summed E-state index contributed by atoms with van der Waals surface area (Å²) in [5, 5.41) is 3.88. The summed E-state index contributed by atoms with van der Waals surface area (Å²) in [5.41, 5.74) is 2.44. The molecule has 0 aliphatic heterocycles. The van der Waals surface area contributed by atoms with Crippen molar-refractivity contribution in [1.29, 1.82) is 0 Å². The molecule has 144 valence electrons. The van der Waals surface area contributed by atoms with Gasteiger partial charge in [0, 0.05) is 0 Å². The summed E-state index contributed by atoms with van der Waals surface area (Å²) in [7, 11) is 1.30. The first-order chi connectivity index (χ1) is 13.5. The third-order valence-electron chi connectivity index (χ3n) is 4.14. The molecule has 1 aromatic heterocycles. The molecule has 3 aromatic rings. The van der Waals surface area contributed by atoms with Crippen LogP contribution in [0.3, 0.4) is 0 Å². The van der Waals surface area contributed by atoms with E-state index in [-0.39, 0.29) is 0 Å². The molecule has 0 amide bonds. The lowest BCUT2D eigenvalue weighted by Crippen LogP contribution is -2.09. The molecule has 0 atom stereocenters. The fraction of sp³-hybridized carbons (Fsp3) is 0.190. The van der Waals surface area contributed by atoms with Crippen LogP contribution in [0.2, 0.25) is 0 Å². The number of aromatic nitrogens is 1. The minimum Gasteiger partial charge on any atom is -0.489 e. The maximum atomic E-state index is 12.3. The van der Waals surface area contributed by atoms with Gasteiger partial charge in [0.1, 0.15) is 23.9 Å². The zero-order chi connectivity index (χ0) is 20.1. The Kier molecular flexibility index (Phi) is 5.74. The first-order valence-corrected chi connectivity index (χ1v) is 8.53. The molecule has 7 heteroatoms. The van der Waals surface area contributed by atoms with Crippen LogP contribution in [-0.2, 0) is 11.3 Å². The van der Waals surface area contributed by atoms with E-state index in [1.165, 1.54) is 31.4 Å². The van der Waals surface area contributed by atoms with E-state index in [1.807, 2.05) is 13.8 Å². The Balaban J connectivity index is 1.59. The highest BCUT2D eigenvalue weighted by Crippen LogP contribution is 2.19. The van der Waals surface area contributed by atoms with Gasteiger partial charge in [-0.1, -0.05) is 5.16 Å². The van der Waals surface area contributed by atoms with E-state index in [1.54, 1.807) is 24.3 Å². The summed E-state index contributed by atoms with van der Waals surface area (Å²) in [6, 6.07) is 12.7. The minimum absolute atomic E-state index is 0.330. The van der Waals surface area contributed by atoms with E-state index in [0.29, 0.717) is 29.2 Å².